The van der Waals surface area contributed by atoms with E-state index in [1.54, 1.807) is 0 Å². The Bertz CT molecular complexity index is 170. The molecule has 0 bridgehead atoms. The smallest absolute Gasteiger partial charge is 0.177 e. The third-order valence-electron chi connectivity index (χ3n) is 1.29. The lowest BCUT2D eigenvalue weighted by Crippen LogP contribution is -2.34. The van der Waals surface area contributed by atoms with Gasteiger partial charge in [0.05, 0.1) is 11.2 Å². The van der Waals surface area contributed by atoms with Gasteiger partial charge in [-0.2, -0.15) is 0 Å². The van der Waals surface area contributed by atoms with Gasteiger partial charge in [0.1, 0.15) is 0 Å². The van der Waals surface area contributed by atoms with E-state index in [4.69, 9.17) is 9.47 Å². The van der Waals surface area contributed by atoms with Crippen molar-refractivity contribution in [2.24, 2.45) is 0 Å². The average Bonchev–Trinajstić information content (AvgIpc) is 1.78. The number of rotatable bonds is 3. The fourth-order valence-corrected chi connectivity index (χ4v) is 1.27. The molecule has 0 spiro atoms. The number of hydrogen-bond acceptors (Lipinski definition) is 2. The number of ether oxygens (including phenoxy) is 2. The summed E-state index contributed by atoms with van der Waals surface area (Å²) in [6.07, 6.45) is 1.76. The molecule has 0 aromatic heterocycles. The van der Waals surface area contributed by atoms with E-state index in [1.807, 2.05) is 47.6 Å². The highest BCUT2D eigenvalue weighted by Crippen LogP contribution is 2.18. The van der Waals surface area contributed by atoms with Crippen LogP contribution in [0.15, 0.2) is 11.8 Å². The van der Waals surface area contributed by atoms with Crippen LogP contribution in [-0.4, -0.2) is 27.7 Å². The first-order chi connectivity index (χ1) is 6.14. The van der Waals surface area contributed by atoms with Gasteiger partial charge >= 0.3 is 0 Å². The van der Waals surface area contributed by atoms with Crippen LogP contribution in [0.4, 0.5) is 0 Å². The summed E-state index contributed by atoms with van der Waals surface area (Å²) in [6, 6.07) is 0. The van der Waals surface area contributed by atoms with Crippen molar-refractivity contribution >= 4 is 10.2 Å². The molecule has 0 aliphatic heterocycles. The zero-order valence-corrected chi connectivity index (χ0v) is 12.5. The summed E-state index contributed by atoms with van der Waals surface area (Å²) in [6.45, 7) is 12.2. The molecule has 0 atom stereocenters. The highest BCUT2D eigenvalue weighted by Gasteiger charge is 2.22. The zero-order chi connectivity index (χ0) is 11.4. The fourth-order valence-electron chi connectivity index (χ4n) is 0.957. The van der Waals surface area contributed by atoms with Crippen LogP contribution in [0, 0.1) is 0 Å². The van der Waals surface area contributed by atoms with E-state index in [1.165, 1.54) is 0 Å². The monoisotopic (exact) mass is 216 g/mol. The molecule has 0 saturated carbocycles. The van der Waals surface area contributed by atoms with Crippen LogP contribution < -0.4 is 0 Å². The molecule has 3 heteroatoms. The van der Waals surface area contributed by atoms with Crippen molar-refractivity contribution in [2.45, 2.75) is 59.0 Å². The molecule has 84 valence electrons. The molecule has 0 radical (unpaired) electrons. The Kier molecular flexibility index (Phi) is 5.05. The van der Waals surface area contributed by atoms with Crippen LogP contribution in [0.25, 0.3) is 0 Å². The summed E-state index contributed by atoms with van der Waals surface area (Å²) in [5, 5.41) is 0. The Hall–Kier alpha value is -0.123. The summed E-state index contributed by atoms with van der Waals surface area (Å²) in [4.78, 5) is 0. The van der Waals surface area contributed by atoms with E-state index in [-0.39, 0.29) is 17.5 Å². The van der Waals surface area contributed by atoms with Crippen LogP contribution in [0.3, 0.4) is 0 Å². The van der Waals surface area contributed by atoms with Gasteiger partial charge in [-0.15, -0.1) is 5.70 Å². The molecule has 0 amide bonds. The lowest BCUT2D eigenvalue weighted by Gasteiger charge is -2.30. The van der Waals surface area contributed by atoms with E-state index in [2.05, 4.69) is 5.70 Å². The predicted molar refractivity (Wildman–Crippen MR) is 64.5 cm³/mol. The first-order valence-corrected chi connectivity index (χ1v) is 6.28. The topological polar surface area (TPSA) is 18.5 Å². The molecule has 0 aliphatic rings. The van der Waals surface area contributed by atoms with Crippen LogP contribution in [0.5, 0.6) is 0 Å². The summed E-state index contributed by atoms with van der Waals surface area (Å²) < 4.78 is 11.5. The molecular weight excluding hydrogens is 192 g/mol. The second-order valence-electron chi connectivity index (χ2n) is 5.35. The molecule has 0 heterocycles. The van der Waals surface area contributed by atoms with Gasteiger partial charge in [0.15, 0.2) is 6.29 Å². The van der Waals surface area contributed by atoms with Crippen LogP contribution >= 0.6 is 0 Å². The molecule has 0 aromatic rings. The largest absolute Gasteiger partial charge is 0.343 e. The van der Waals surface area contributed by atoms with Crippen molar-refractivity contribution in [3.8, 4) is 0 Å². The maximum absolute atomic E-state index is 5.77. The van der Waals surface area contributed by atoms with Gasteiger partial charge in [-0.25, -0.2) is 0 Å². The Morgan fingerprint density at radius 3 is 1.50 bits per heavy atom. The minimum absolute atomic E-state index is 0.170. The maximum Gasteiger partial charge on any atom is 0.177 e. The van der Waals surface area contributed by atoms with Crippen molar-refractivity contribution < 1.29 is 9.47 Å². The van der Waals surface area contributed by atoms with Gasteiger partial charge in [0.25, 0.3) is 0 Å². The van der Waals surface area contributed by atoms with Crippen molar-refractivity contribution in [1.29, 1.82) is 0 Å². The Morgan fingerprint density at radius 2 is 1.29 bits per heavy atom. The summed E-state index contributed by atoms with van der Waals surface area (Å²) in [7, 11) is 1.03. The van der Waals surface area contributed by atoms with Crippen LogP contribution in [0.2, 0.25) is 0 Å². The average molecular weight is 216 g/mol. The quantitative estimate of drug-likeness (QED) is 0.529. The third-order valence-corrected chi connectivity index (χ3v) is 1.67. The SMILES string of the molecule is CC(C)(C)OC(C=C[SiH3])OC(C)(C)C. The molecular formula is C11H24O2Si. The zero-order valence-electron chi connectivity index (χ0n) is 10.5. The fraction of sp³-hybridized carbons (Fsp3) is 0.818. The third kappa shape index (κ3) is 8.47. The highest BCUT2D eigenvalue weighted by atomic mass is 28.1. The molecule has 0 unspecified atom stereocenters. The normalized spacial score (nSPS) is 14.5. The first kappa shape index (κ1) is 13.9. The van der Waals surface area contributed by atoms with E-state index in [0.717, 1.165) is 10.2 Å². The van der Waals surface area contributed by atoms with Gasteiger partial charge < -0.3 is 9.47 Å². The van der Waals surface area contributed by atoms with Crippen LogP contribution in [0.1, 0.15) is 41.5 Å². The molecule has 0 rings (SSSR count). The molecule has 0 fully saturated rings. The summed E-state index contributed by atoms with van der Waals surface area (Å²) in [5.41, 5.74) is 1.75. The Labute approximate surface area is 91.1 Å². The Morgan fingerprint density at radius 1 is 0.929 bits per heavy atom. The standard InChI is InChI=1S/C11H24O2Si/c1-10(2,3)12-9(7-8-14)13-11(4,5)6/h7-9H,1-6,14H3. The van der Waals surface area contributed by atoms with Gasteiger partial charge in [-0.05, 0) is 47.6 Å². The lowest BCUT2D eigenvalue weighted by atomic mass is 10.2. The minimum atomic E-state index is -0.229. The predicted octanol–water partition coefficient (Wildman–Crippen LogP) is 1.82. The van der Waals surface area contributed by atoms with Gasteiger partial charge in [0, 0.05) is 10.2 Å². The first-order valence-electron chi connectivity index (χ1n) is 5.12. The van der Waals surface area contributed by atoms with Gasteiger partial charge in [0.2, 0.25) is 0 Å². The van der Waals surface area contributed by atoms with Crippen LogP contribution in [-0.2, 0) is 9.47 Å². The molecule has 14 heavy (non-hydrogen) atoms. The van der Waals surface area contributed by atoms with E-state index in [0.29, 0.717) is 0 Å². The molecule has 2 nitrogen and oxygen atoms in total. The second kappa shape index (κ2) is 5.10. The maximum atomic E-state index is 5.77. The second-order valence-corrected chi connectivity index (χ2v) is 6.02. The molecule has 0 saturated heterocycles. The van der Waals surface area contributed by atoms with Gasteiger partial charge in [-0.1, -0.05) is 0 Å². The van der Waals surface area contributed by atoms with E-state index in [9.17, 15) is 0 Å². The minimum Gasteiger partial charge on any atom is -0.343 e. The summed E-state index contributed by atoms with van der Waals surface area (Å²) >= 11 is 0. The van der Waals surface area contributed by atoms with Crippen molar-refractivity contribution in [1.82, 2.24) is 0 Å². The molecule has 0 aromatic carbocycles. The molecule has 0 aliphatic carbocycles. The highest BCUT2D eigenvalue weighted by molar-refractivity contribution is 6.16. The van der Waals surface area contributed by atoms with Crippen molar-refractivity contribution in [3.63, 3.8) is 0 Å². The lowest BCUT2D eigenvalue weighted by molar-refractivity contribution is -0.209. The number of hydrogen-bond donors (Lipinski definition) is 0. The van der Waals surface area contributed by atoms with E-state index >= 15 is 0 Å². The Balaban J connectivity index is 4.31. The summed E-state index contributed by atoms with van der Waals surface area (Å²) in [5.74, 6) is 0. The van der Waals surface area contributed by atoms with E-state index < -0.39 is 0 Å². The van der Waals surface area contributed by atoms with Crippen molar-refractivity contribution in [3.05, 3.63) is 11.8 Å². The van der Waals surface area contributed by atoms with Crippen molar-refractivity contribution in [2.75, 3.05) is 0 Å². The van der Waals surface area contributed by atoms with Gasteiger partial charge in [-0.3, -0.25) is 0 Å². The molecule has 0 N–H and O–H groups in total.